The van der Waals surface area contributed by atoms with Crippen molar-refractivity contribution in [1.82, 2.24) is 9.55 Å². The van der Waals surface area contributed by atoms with E-state index in [0.29, 0.717) is 0 Å². The standard InChI is InChI=1S/C39H32N4.C7H14.2C2H6/c1-2-31-28-30-29-36(26-27-37(30)41(31)32-16-7-3-8-17-32)43(35-22-13-6-14-23-35)39-25-15-24-38(40-39)42(33-18-9-4-10-19-33)34-20-11-5-12-21-34;1-6(2)5-7(3)4;2*1-2/h3-29H,2H2,1H3;7H,1,5H2,2-4H3;2*1-2H3. The van der Waals surface area contributed by atoms with Crippen LogP contribution in [0.5, 0.6) is 0 Å². The normalized spacial score (nSPS) is 10.2. The van der Waals surface area contributed by atoms with E-state index in [0.717, 1.165) is 46.7 Å². The van der Waals surface area contributed by atoms with E-state index in [-0.39, 0.29) is 0 Å². The van der Waals surface area contributed by atoms with Crippen LogP contribution >= 0.6 is 0 Å². The van der Waals surface area contributed by atoms with Crippen molar-refractivity contribution in [2.75, 3.05) is 9.80 Å². The molecule has 2 aromatic heterocycles. The predicted molar refractivity (Wildman–Crippen MR) is 237 cm³/mol. The Bertz CT molecular complexity index is 2080. The lowest BCUT2D eigenvalue weighted by Crippen LogP contribution is -2.15. The van der Waals surface area contributed by atoms with Crippen LogP contribution in [0, 0.1) is 5.92 Å². The second-order valence-corrected chi connectivity index (χ2v) is 13.0. The highest BCUT2D eigenvalue weighted by atomic mass is 15.3. The first-order valence-electron chi connectivity index (χ1n) is 19.5. The van der Waals surface area contributed by atoms with E-state index >= 15 is 0 Å². The third kappa shape index (κ3) is 10.4. The van der Waals surface area contributed by atoms with Crippen molar-refractivity contribution in [2.45, 2.75) is 68.2 Å². The van der Waals surface area contributed by atoms with Crippen molar-refractivity contribution < 1.29 is 0 Å². The van der Waals surface area contributed by atoms with Crippen molar-refractivity contribution in [3.05, 3.63) is 182 Å². The minimum absolute atomic E-state index is 0.775. The van der Waals surface area contributed by atoms with Crippen molar-refractivity contribution in [2.24, 2.45) is 5.92 Å². The molecule has 0 N–H and O–H groups in total. The fraction of sp³-hybridized carbons (Fsp3) is 0.220. The summed E-state index contributed by atoms with van der Waals surface area (Å²) in [4.78, 5) is 9.73. The molecule has 0 spiro atoms. The van der Waals surface area contributed by atoms with Crippen LogP contribution in [0.15, 0.2) is 176 Å². The molecule has 5 aromatic carbocycles. The molecule has 4 heteroatoms. The maximum absolute atomic E-state index is 5.29. The Kier molecular flexibility index (Phi) is 15.9. The Hall–Kier alpha value is -5.87. The van der Waals surface area contributed by atoms with Gasteiger partial charge in [0.25, 0.3) is 0 Å². The van der Waals surface area contributed by atoms with Gasteiger partial charge in [-0.15, -0.1) is 6.58 Å². The van der Waals surface area contributed by atoms with E-state index in [4.69, 9.17) is 4.98 Å². The predicted octanol–water partition coefficient (Wildman–Crippen LogP) is 15.2. The average molecular weight is 715 g/mol. The summed E-state index contributed by atoms with van der Waals surface area (Å²) >= 11 is 0. The van der Waals surface area contributed by atoms with Gasteiger partial charge in [-0.1, -0.05) is 133 Å². The van der Waals surface area contributed by atoms with Crippen LogP contribution in [0.2, 0.25) is 0 Å². The third-order valence-corrected chi connectivity index (χ3v) is 8.47. The Labute approximate surface area is 325 Å². The van der Waals surface area contributed by atoms with Gasteiger partial charge in [0.15, 0.2) is 0 Å². The monoisotopic (exact) mass is 714 g/mol. The minimum atomic E-state index is 0.775. The molecular weight excluding hydrogens is 657 g/mol. The fourth-order valence-corrected chi connectivity index (χ4v) is 6.46. The highest BCUT2D eigenvalue weighted by Gasteiger charge is 2.19. The molecule has 7 rings (SSSR count). The second kappa shape index (κ2) is 21.0. The summed E-state index contributed by atoms with van der Waals surface area (Å²) in [5.74, 6) is 2.47. The van der Waals surface area contributed by atoms with Crippen LogP contribution < -0.4 is 9.80 Å². The van der Waals surface area contributed by atoms with E-state index < -0.39 is 0 Å². The molecule has 0 amide bonds. The molecule has 7 aromatic rings. The van der Waals surface area contributed by atoms with Gasteiger partial charge in [0.1, 0.15) is 11.6 Å². The summed E-state index contributed by atoms with van der Waals surface area (Å²) in [7, 11) is 0. The van der Waals surface area contributed by atoms with Gasteiger partial charge in [0.2, 0.25) is 0 Å². The highest BCUT2D eigenvalue weighted by molar-refractivity contribution is 5.89. The number of fused-ring (bicyclic) bond motifs is 1. The van der Waals surface area contributed by atoms with Crippen molar-refractivity contribution in [3.8, 4) is 5.69 Å². The van der Waals surface area contributed by atoms with Gasteiger partial charge in [-0.3, -0.25) is 9.80 Å². The Balaban J connectivity index is 0.000000527. The molecule has 2 heterocycles. The lowest BCUT2D eigenvalue weighted by Gasteiger charge is -2.28. The van der Waals surface area contributed by atoms with Crippen LogP contribution in [-0.2, 0) is 6.42 Å². The van der Waals surface area contributed by atoms with Crippen LogP contribution in [0.3, 0.4) is 0 Å². The number of allylic oxidation sites excluding steroid dienone is 1. The number of hydrogen-bond donors (Lipinski definition) is 0. The Morgan fingerprint density at radius 2 is 1.02 bits per heavy atom. The summed E-state index contributed by atoms with van der Waals surface area (Å²) in [6.07, 6.45) is 2.11. The van der Waals surface area contributed by atoms with Crippen molar-refractivity contribution in [1.29, 1.82) is 0 Å². The van der Waals surface area contributed by atoms with Crippen LogP contribution in [0.1, 0.15) is 67.5 Å². The van der Waals surface area contributed by atoms with Crippen LogP contribution in [-0.4, -0.2) is 9.55 Å². The second-order valence-electron chi connectivity index (χ2n) is 13.0. The van der Waals surface area contributed by atoms with Gasteiger partial charge in [-0.25, -0.2) is 4.98 Å². The molecule has 0 fully saturated rings. The molecule has 54 heavy (non-hydrogen) atoms. The summed E-state index contributed by atoms with van der Waals surface area (Å²) in [6.45, 7) is 20.5. The molecule has 0 saturated carbocycles. The van der Waals surface area contributed by atoms with E-state index in [9.17, 15) is 0 Å². The zero-order valence-corrected chi connectivity index (χ0v) is 33.6. The lowest BCUT2D eigenvalue weighted by atomic mass is 10.1. The first kappa shape index (κ1) is 40.9. The molecular formula is C50H58N4. The summed E-state index contributed by atoms with van der Waals surface area (Å²) < 4.78 is 2.36. The number of aryl methyl sites for hydroxylation is 1. The third-order valence-electron chi connectivity index (χ3n) is 8.47. The molecule has 278 valence electrons. The fourth-order valence-electron chi connectivity index (χ4n) is 6.46. The smallest absolute Gasteiger partial charge is 0.140 e. The zero-order chi connectivity index (χ0) is 38.9. The maximum atomic E-state index is 5.29. The molecule has 0 saturated heterocycles. The quantitative estimate of drug-likeness (QED) is 0.132. The SMILES string of the molecule is C=C(C)CC(C)C.CC.CC.CCc1cc2cc(N(c3ccccc3)c3cccc(N(c4ccccc4)c4ccccc4)n3)ccc2n1-c1ccccc1. The average Bonchev–Trinajstić information content (AvgIpc) is 3.59. The molecule has 0 atom stereocenters. The molecule has 0 aliphatic carbocycles. The number of aromatic nitrogens is 2. The van der Waals surface area contributed by atoms with Crippen LogP contribution in [0.4, 0.5) is 34.4 Å². The van der Waals surface area contributed by atoms with Gasteiger partial charge in [0.05, 0.1) is 5.52 Å². The summed E-state index contributed by atoms with van der Waals surface area (Å²) in [5, 5.41) is 1.20. The largest absolute Gasteiger partial charge is 0.314 e. The molecule has 0 unspecified atom stereocenters. The van der Waals surface area contributed by atoms with Gasteiger partial charge < -0.3 is 4.57 Å². The highest BCUT2D eigenvalue weighted by Crippen LogP contribution is 2.39. The minimum Gasteiger partial charge on any atom is -0.314 e. The van der Waals surface area contributed by atoms with Gasteiger partial charge in [0, 0.05) is 39.5 Å². The maximum Gasteiger partial charge on any atom is 0.140 e. The number of pyridine rings is 1. The number of para-hydroxylation sites is 4. The number of rotatable bonds is 10. The van der Waals surface area contributed by atoms with E-state index in [1.807, 2.05) is 39.8 Å². The first-order chi connectivity index (χ1) is 26.4. The Morgan fingerprint density at radius 3 is 1.43 bits per heavy atom. The molecule has 0 aliphatic heterocycles. The Morgan fingerprint density at radius 1 is 0.574 bits per heavy atom. The van der Waals surface area contributed by atoms with Crippen molar-refractivity contribution in [3.63, 3.8) is 0 Å². The van der Waals surface area contributed by atoms with E-state index in [1.165, 1.54) is 34.3 Å². The lowest BCUT2D eigenvalue weighted by molar-refractivity contribution is 0.644. The van der Waals surface area contributed by atoms with E-state index in [2.05, 4.69) is 200 Å². The number of hydrogen-bond acceptors (Lipinski definition) is 3. The van der Waals surface area contributed by atoms with Gasteiger partial charge >= 0.3 is 0 Å². The zero-order valence-electron chi connectivity index (χ0n) is 33.6. The molecule has 4 nitrogen and oxygen atoms in total. The first-order valence-corrected chi connectivity index (χ1v) is 19.5. The topological polar surface area (TPSA) is 24.3 Å². The molecule has 0 bridgehead atoms. The molecule has 0 radical (unpaired) electrons. The van der Waals surface area contributed by atoms with Gasteiger partial charge in [-0.05, 0) is 111 Å². The summed E-state index contributed by atoms with van der Waals surface area (Å²) in [5.41, 5.74) is 9.17. The van der Waals surface area contributed by atoms with Gasteiger partial charge in [-0.2, -0.15) is 0 Å². The number of anilines is 6. The summed E-state index contributed by atoms with van der Waals surface area (Å²) in [6, 6.07) is 57.1. The van der Waals surface area contributed by atoms with Crippen molar-refractivity contribution >= 4 is 45.3 Å². The molecule has 0 aliphatic rings. The van der Waals surface area contributed by atoms with Crippen LogP contribution in [0.25, 0.3) is 16.6 Å². The van der Waals surface area contributed by atoms with E-state index in [1.54, 1.807) is 0 Å². The number of benzene rings is 5. The number of nitrogens with zero attached hydrogens (tertiary/aromatic N) is 4.